The Balaban J connectivity index is 2.05. The Hall–Kier alpha value is -1.03. The van der Waals surface area contributed by atoms with Crippen LogP contribution in [0.5, 0.6) is 5.75 Å². The molecule has 1 aromatic heterocycles. The van der Waals surface area contributed by atoms with E-state index in [0.717, 1.165) is 22.9 Å². The molecule has 2 rings (SSSR count). The molecular formula is C15H18ClNOS. The van der Waals surface area contributed by atoms with Gasteiger partial charge in [0.15, 0.2) is 0 Å². The largest absolute Gasteiger partial charge is 0.488 e. The third kappa shape index (κ3) is 4.53. The molecule has 0 spiro atoms. The third-order valence-corrected chi connectivity index (χ3v) is 3.76. The highest BCUT2D eigenvalue weighted by atomic mass is 35.5. The Labute approximate surface area is 123 Å². The molecular weight excluding hydrogens is 278 g/mol. The fraction of sp³-hybridized carbons (Fsp3) is 0.333. The average molecular weight is 296 g/mol. The summed E-state index contributed by atoms with van der Waals surface area (Å²) in [6.07, 6.45) is 0. The maximum Gasteiger partial charge on any atom is 0.124 e. The Morgan fingerprint density at radius 2 is 2.16 bits per heavy atom. The SMILES string of the molecule is CC(C)NCc1cc(Cl)ccc1OCc1cccs1. The Morgan fingerprint density at radius 3 is 2.84 bits per heavy atom. The van der Waals surface area contributed by atoms with Gasteiger partial charge in [-0.2, -0.15) is 0 Å². The second-order valence-electron chi connectivity index (χ2n) is 4.66. The minimum Gasteiger partial charge on any atom is -0.488 e. The minimum atomic E-state index is 0.434. The number of halogens is 1. The van der Waals surface area contributed by atoms with Crippen molar-refractivity contribution in [2.24, 2.45) is 0 Å². The molecule has 0 fully saturated rings. The highest BCUT2D eigenvalue weighted by Gasteiger charge is 2.06. The Bertz CT molecular complexity index is 511. The number of ether oxygens (including phenoxy) is 1. The molecule has 2 aromatic rings. The average Bonchev–Trinajstić information content (AvgIpc) is 2.88. The molecule has 0 radical (unpaired) electrons. The second kappa shape index (κ2) is 6.94. The summed E-state index contributed by atoms with van der Waals surface area (Å²) < 4.78 is 5.88. The zero-order chi connectivity index (χ0) is 13.7. The van der Waals surface area contributed by atoms with Gasteiger partial charge in [0.05, 0.1) is 0 Å². The molecule has 0 aliphatic carbocycles. The fourth-order valence-corrected chi connectivity index (χ4v) is 2.50. The van der Waals surface area contributed by atoms with Crippen LogP contribution in [0.15, 0.2) is 35.7 Å². The van der Waals surface area contributed by atoms with Crippen molar-refractivity contribution in [3.63, 3.8) is 0 Å². The molecule has 4 heteroatoms. The number of hydrogen-bond donors (Lipinski definition) is 1. The van der Waals surface area contributed by atoms with Crippen LogP contribution in [0.25, 0.3) is 0 Å². The summed E-state index contributed by atoms with van der Waals surface area (Å²) >= 11 is 7.75. The molecule has 0 saturated heterocycles. The van der Waals surface area contributed by atoms with E-state index < -0.39 is 0 Å². The zero-order valence-corrected chi connectivity index (χ0v) is 12.7. The summed E-state index contributed by atoms with van der Waals surface area (Å²) in [5.41, 5.74) is 1.10. The summed E-state index contributed by atoms with van der Waals surface area (Å²) in [6, 6.07) is 10.3. The Kier molecular flexibility index (Phi) is 5.25. The summed E-state index contributed by atoms with van der Waals surface area (Å²) in [6.45, 7) is 5.61. The quantitative estimate of drug-likeness (QED) is 0.848. The van der Waals surface area contributed by atoms with Crippen molar-refractivity contribution in [2.45, 2.75) is 33.0 Å². The van der Waals surface area contributed by atoms with Crippen molar-refractivity contribution in [1.82, 2.24) is 5.32 Å². The van der Waals surface area contributed by atoms with Gasteiger partial charge >= 0.3 is 0 Å². The minimum absolute atomic E-state index is 0.434. The van der Waals surface area contributed by atoms with Crippen LogP contribution in [0, 0.1) is 0 Å². The summed E-state index contributed by atoms with van der Waals surface area (Å²) in [5.74, 6) is 0.894. The standard InChI is InChI=1S/C15H18ClNOS/c1-11(2)17-9-12-8-13(16)5-6-15(12)18-10-14-4-3-7-19-14/h3-8,11,17H,9-10H2,1-2H3. The molecule has 19 heavy (non-hydrogen) atoms. The van der Waals surface area contributed by atoms with Gasteiger partial charge in [-0.1, -0.05) is 31.5 Å². The lowest BCUT2D eigenvalue weighted by atomic mass is 10.2. The van der Waals surface area contributed by atoms with E-state index in [2.05, 4.69) is 30.6 Å². The monoisotopic (exact) mass is 295 g/mol. The molecule has 0 aliphatic heterocycles. The maximum atomic E-state index is 6.05. The molecule has 102 valence electrons. The van der Waals surface area contributed by atoms with Crippen LogP contribution < -0.4 is 10.1 Å². The van der Waals surface area contributed by atoms with Crippen molar-refractivity contribution >= 4 is 22.9 Å². The number of hydrogen-bond acceptors (Lipinski definition) is 3. The van der Waals surface area contributed by atoms with Gasteiger partial charge < -0.3 is 10.1 Å². The fourth-order valence-electron chi connectivity index (χ4n) is 1.68. The first-order chi connectivity index (χ1) is 9.15. The highest BCUT2D eigenvalue weighted by molar-refractivity contribution is 7.09. The van der Waals surface area contributed by atoms with Crippen LogP contribution in [0.3, 0.4) is 0 Å². The second-order valence-corrected chi connectivity index (χ2v) is 6.12. The van der Waals surface area contributed by atoms with E-state index in [-0.39, 0.29) is 0 Å². The topological polar surface area (TPSA) is 21.3 Å². The van der Waals surface area contributed by atoms with Gasteiger partial charge in [-0.15, -0.1) is 11.3 Å². The van der Waals surface area contributed by atoms with Crippen molar-refractivity contribution < 1.29 is 4.74 Å². The molecule has 0 saturated carbocycles. The van der Waals surface area contributed by atoms with Gasteiger partial charge in [-0.3, -0.25) is 0 Å². The van der Waals surface area contributed by atoms with Crippen molar-refractivity contribution in [3.8, 4) is 5.75 Å². The van der Waals surface area contributed by atoms with Crippen LogP contribution in [-0.2, 0) is 13.2 Å². The van der Waals surface area contributed by atoms with Gasteiger partial charge in [0.25, 0.3) is 0 Å². The lowest BCUT2D eigenvalue weighted by Gasteiger charge is -2.13. The molecule has 0 atom stereocenters. The summed E-state index contributed by atoms with van der Waals surface area (Å²) in [4.78, 5) is 1.22. The number of nitrogens with one attached hydrogen (secondary N) is 1. The Morgan fingerprint density at radius 1 is 1.32 bits per heavy atom. The van der Waals surface area contributed by atoms with E-state index in [9.17, 15) is 0 Å². The van der Waals surface area contributed by atoms with Crippen LogP contribution in [-0.4, -0.2) is 6.04 Å². The summed E-state index contributed by atoms with van der Waals surface area (Å²) in [7, 11) is 0. The molecule has 0 aliphatic rings. The van der Waals surface area contributed by atoms with E-state index in [0.29, 0.717) is 12.6 Å². The zero-order valence-electron chi connectivity index (χ0n) is 11.2. The van der Waals surface area contributed by atoms with Crippen molar-refractivity contribution in [3.05, 3.63) is 51.2 Å². The molecule has 1 N–H and O–H groups in total. The highest BCUT2D eigenvalue weighted by Crippen LogP contribution is 2.24. The van der Waals surface area contributed by atoms with Gasteiger partial charge in [0.2, 0.25) is 0 Å². The molecule has 2 nitrogen and oxygen atoms in total. The number of thiophene rings is 1. The number of benzene rings is 1. The van der Waals surface area contributed by atoms with Gasteiger partial charge in [0.1, 0.15) is 12.4 Å². The van der Waals surface area contributed by atoms with E-state index in [1.807, 2.05) is 24.3 Å². The lowest BCUT2D eigenvalue weighted by Crippen LogP contribution is -2.22. The predicted octanol–water partition coefficient (Wildman–Crippen LogP) is 4.48. The van der Waals surface area contributed by atoms with Gasteiger partial charge in [0, 0.05) is 28.0 Å². The molecule has 1 heterocycles. The third-order valence-electron chi connectivity index (χ3n) is 2.67. The van der Waals surface area contributed by atoms with Crippen LogP contribution >= 0.6 is 22.9 Å². The smallest absolute Gasteiger partial charge is 0.124 e. The van der Waals surface area contributed by atoms with Gasteiger partial charge in [-0.05, 0) is 29.6 Å². The van der Waals surface area contributed by atoms with E-state index in [1.165, 1.54) is 4.88 Å². The van der Waals surface area contributed by atoms with Crippen molar-refractivity contribution in [2.75, 3.05) is 0 Å². The summed E-state index contributed by atoms with van der Waals surface area (Å²) in [5, 5.41) is 6.18. The molecule has 0 bridgehead atoms. The van der Waals surface area contributed by atoms with Gasteiger partial charge in [-0.25, -0.2) is 0 Å². The van der Waals surface area contributed by atoms with Crippen molar-refractivity contribution in [1.29, 1.82) is 0 Å². The normalized spacial score (nSPS) is 10.9. The van der Waals surface area contributed by atoms with E-state index in [1.54, 1.807) is 11.3 Å². The van der Waals surface area contributed by atoms with Crippen LogP contribution in [0.1, 0.15) is 24.3 Å². The van der Waals surface area contributed by atoms with Crippen LogP contribution in [0.4, 0.5) is 0 Å². The molecule has 1 aromatic carbocycles. The first-order valence-electron chi connectivity index (χ1n) is 6.32. The number of rotatable bonds is 6. The molecule has 0 amide bonds. The van der Waals surface area contributed by atoms with E-state index >= 15 is 0 Å². The predicted molar refractivity (Wildman–Crippen MR) is 82.1 cm³/mol. The van der Waals surface area contributed by atoms with Crippen LogP contribution in [0.2, 0.25) is 5.02 Å². The molecule has 0 unspecified atom stereocenters. The van der Waals surface area contributed by atoms with E-state index in [4.69, 9.17) is 16.3 Å². The first-order valence-corrected chi connectivity index (χ1v) is 7.58. The maximum absolute atomic E-state index is 6.05. The first kappa shape index (κ1) is 14.4. The lowest BCUT2D eigenvalue weighted by molar-refractivity contribution is 0.305.